The number of hydrogen-bond donors (Lipinski definition) is 2. The van der Waals surface area contributed by atoms with Crippen molar-refractivity contribution in [1.82, 2.24) is 5.32 Å². The number of phenolic OH excluding ortho intramolecular Hbond substituents is 1. The summed E-state index contributed by atoms with van der Waals surface area (Å²) in [6, 6.07) is 14.4. The van der Waals surface area contributed by atoms with E-state index in [0.717, 1.165) is 6.08 Å². The van der Waals surface area contributed by atoms with E-state index in [1.807, 2.05) is 24.3 Å². The highest BCUT2D eigenvalue weighted by Crippen LogP contribution is 2.41. The number of rotatable bonds is 8. The third kappa shape index (κ3) is 4.83. The molecular formula is C22H21NO6. The zero-order valence-corrected chi connectivity index (χ0v) is 15.7. The van der Waals surface area contributed by atoms with Crippen molar-refractivity contribution in [1.29, 1.82) is 0 Å². The van der Waals surface area contributed by atoms with Crippen molar-refractivity contribution in [2.75, 3.05) is 26.4 Å². The zero-order chi connectivity index (χ0) is 20.6. The molecular weight excluding hydrogens is 374 g/mol. The predicted octanol–water partition coefficient (Wildman–Crippen LogP) is 3.53. The van der Waals surface area contributed by atoms with Crippen molar-refractivity contribution >= 4 is 33.6 Å². The first-order valence-corrected chi connectivity index (χ1v) is 9.07. The molecule has 3 aromatic rings. The number of benzene rings is 3. The number of phenols is 1. The van der Waals surface area contributed by atoms with Gasteiger partial charge >= 0.3 is 12.1 Å². The second kappa shape index (κ2) is 9.57. The average molecular weight is 395 g/mol. The molecule has 29 heavy (non-hydrogen) atoms. The third-order valence-corrected chi connectivity index (χ3v) is 4.20. The number of esters is 1. The number of aromatic hydroxyl groups is 1. The predicted molar refractivity (Wildman–Crippen MR) is 109 cm³/mol. The molecule has 0 aromatic heterocycles. The molecule has 7 nitrogen and oxygen atoms in total. The van der Waals surface area contributed by atoms with Crippen LogP contribution in [0.1, 0.15) is 0 Å². The molecule has 1 amide bonds. The number of carbonyl (C=O) groups is 2. The first-order valence-electron chi connectivity index (χ1n) is 9.07. The Kier molecular flexibility index (Phi) is 6.65. The molecule has 0 unspecified atom stereocenters. The average Bonchev–Trinajstić information content (AvgIpc) is 2.75. The van der Waals surface area contributed by atoms with Gasteiger partial charge in [-0.05, 0) is 0 Å². The van der Waals surface area contributed by atoms with Crippen molar-refractivity contribution in [3.63, 3.8) is 0 Å². The summed E-state index contributed by atoms with van der Waals surface area (Å²) >= 11 is 0. The lowest BCUT2D eigenvalue weighted by Crippen LogP contribution is -2.30. The Morgan fingerprint density at radius 2 is 1.52 bits per heavy atom. The largest absolute Gasteiger partial charge is 0.507 e. The number of hydrogen-bond acceptors (Lipinski definition) is 6. The van der Waals surface area contributed by atoms with E-state index in [-0.39, 0.29) is 32.1 Å². The van der Waals surface area contributed by atoms with Crippen LogP contribution in [0.5, 0.6) is 11.5 Å². The summed E-state index contributed by atoms with van der Waals surface area (Å²) in [7, 11) is 0. The summed E-state index contributed by atoms with van der Waals surface area (Å²) in [5, 5.41) is 15.6. The van der Waals surface area contributed by atoms with Gasteiger partial charge in [0.1, 0.15) is 18.1 Å². The molecule has 0 aliphatic rings. The van der Waals surface area contributed by atoms with Gasteiger partial charge in [0.2, 0.25) is 0 Å². The second-order valence-electron chi connectivity index (χ2n) is 6.07. The highest BCUT2D eigenvalue weighted by molar-refractivity contribution is 6.11. The monoisotopic (exact) mass is 395 g/mol. The first-order chi connectivity index (χ1) is 14.1. The topological polar surface area (TPSA) is 94.1 Å². The summed E-state index contributed by atoms with van der Waals surface area (Å²) in [6.45, 7) is 4.08. The minimum absolute atomic E-state index is 0.112. The number of fused-ring (bicyclic) bond motifs is 2. The Hall–Kier alpha value is -3.58. The van der Waals surface area contributed by atoms with Gasteiger partial charge in [-0.25, -0.2) is 9.59 Å². The summed E-state index contributed by atoms with van der Waals surface area (Å²) in [5.74, 6) is 0.0157. The Bertz CT molecular complexity index is 989. The number of ether oxygens (including phenoxy) is 3. The Balaban J connectivity index is 1.62. The number of amides is 1. The van der Waals surface area contributed by atoms with E-state index in [2.05, 4.69) is 11.9 Å². The lowest BCUT2D eigenvalue weighted by atomic mass is 10.0. The number of carbonyl (C=O) groups excluding carboxylic acids is 2. The van der Waals surface area contributed by atoms with Gasteiger partial charge in [-0.15, -0.1) is 0 Å². The van der Waals surface area contributed by atoms with E-state index in [0.29, 0.717) is 27.3 Å². The molecule has 0 saturated carbocycles. The molecule has 0 aliphatic heterocycles. The van der Waals surface area contributed by atoms with Gasteiger partial charge in [-0.2, -0.15) is 0 Å². The van der Waals surface area contributed by atoms with Gasteiger partial charge in [-0.1, -0.05) is 55.1 Å². The maximum Gasteiger partial charge on any atom is 0.412 e. The molecule has 0 fully saturated rings. The van der Waals surface area contributed by atoms with Gasteiger partial charge in [0.15, 0.2) is 0 Å². The van der Waals surface area contributed by atoms with Gasteiger partial charge in [0.25, 0.3) is 0 Å². The van der Waals surface area contributed by atoms with Crippen LogP contribution in [0.15, 0.2) is 61.2 Å². The van der Waals surface area contributed by atoms with Crippen LogP contribution in [0, 0.1) is 0 Å². The molecule has 0 spiro atoms. The van der Waals surface area contributed by atoms with Crippen LogP contribution >= 0.6 is 0 Å². The quantitative estimate of drug-likeness (QED) is 0.262. The summed E-state index contributed by atoms with van der Waals surface area (Å²) in [5.41, 5.74) is 0. The molecule has 3 rings (SSSR count). The van der Waals surface area contributed by atoms with Gasteiger partial charge in [0, 0.05) is 34.2 Å². The maximum absolute atomic E-state index is 12.3. The second-order valence-corrected chi connectivity index (χ2v) is 6.07. The third-order valence-electron chi connectivity index (χ3n) is 4.20. The highest BCUT2D eigenvalue weighted by atomic mass is 16.6. The molecule has 0 atom stereocenters. The van der Waals surface area contributed by atoms with E-state index in [1.165, 1.54) is 0 Å². The summed E-state index contributed by atoms with van der Waals surface area (Å²) in [6.07, 6.45) is 0.446. The summed E-state index contributed by atoms with van der Waals surface area (Å²) < 4.78 is 15.6. The standard InChI is InChI=1S/C22H21NO6/c1-2-19(24)28-14-13-27-12-11-23-22(26)29-21-17-9-5-3-7-15(17)20(25)16-8-4-6-10-18(16)21/h2-10,25H,1,11-14H2,(H,23,26). The van der Waals surface area contributed by atoms with Crippen LogP contribution in [0.3, 0.4) is 0 Å². The Morgan fingerprint density at radius 3 is 2.10 bits per heavy atom. The van der Waals surface area contributed by atoms with E-state index < -0.39 is 12.1 Å². The van der Waals surface area contributed by atoms with E-state index >= 15 is 0 Å². The molecule has 2 N–H and O–H groups in total. The fraction of sp³-hybridized carbons (Fsp3) is 0.182. The Labute approximate surface area is 167 Å². The van der Waals surface area contributed by atoms with Crippen molar-refractivity contribution in [2.24, 2.45) is 0 Å². The zero-order valence-electron chi connectivity index (χ0n) is 15.7. The van der Waals surface area contributed by atoms with Gasteiger partial charge in [-0.3, -0.25) is 0 Å². The van der Waals surface area contributed by atoms with Crippen LogP contribution in [-0.2, 0) is 14.3 Å². The van der Waals surface area contributed by atoms with Crippen molar-refractivity contribution in [3.8, 4) is 11.5 Å². The summed E-state index contributed by atoms with van der Waals surface area (Å²) in [4.78, 5) is 23.2. The first kappa shape index (κ1) is 20.2. The minimum atomic E-state index is -0.632. The van der Waals surface area contributed by atoms with Crippen LogP contribution in [0.4, 0.5) is 4.79 Å². The van der Waals surface area contributed by atoms with E-state index in [1.54, 1.807) is 24.3 Å². The lowest BCUT2D eigenvalue weighted by molar-refractivity contribution is -0.139. The maximum atomic E-state index is 12.3. The molecule has 0 radical (unpaired) electrons. The van der Waals surface area contributed by atoms with Gasteiger partial charge in [0.05, 0.1) is 13.2 Å². The molecule has 7 heteroatoms. The molecule has 150 valence electrons. The van der Waals surface area contributed by atoms with Crippen LogP contribution < -0.4 is 10.1 Å². The number of nitrogens with one attached hydrogen (secondary N) is 1. The molecule has 0 heterocycles. The lowest BCUT2D eigenvalue weighted by Gasteiger charge is -2.14. The molecule has 0 saturated heterocycles. The fourth-order valence-corrected chi connectivity index (χ4v) is 2.89. The van der Waals surface area contributed by atoms with E-state index in [4.69, 9.17) is 14.2 Å². The van der Waals surface area contributed by atoms with Crippen LogP contribution in [0.2, 0.25) is 0 Å². The molecule has 3 aromatic carbocycles. The van der Waals surface area contributed by atoms with Crippen molar-refractivity contribution in [3.05, 3.63) is 61.2 Å². The normalized spacial score (nSPS) is 10.6. The van der Waals surface area contributed by atoms with Crippen molar-refractivity contribution < 1.29 is 28.9 Å². The SMILES string of the molecule is C=CC(=O)OCCOCCNC(=O)Oc1c2ccccc2c(O)c2ccccc12. The minimum Gasteiger partial charge on any atom is -0.507 e. The van der Waals surface area contributed by atoms with Crippen LogP contribution in [0.25, 0.3) is 21.5 Å². The molecule has 0 bridgehead atoms. The fourth-order valence-electron chi connectivity index (χ4n) is 2.89. The van der Waals surface area contributed by atoms with Crippen LogP contribution in [-0.4, -0.2) is 43.5 Å². The smallest absolute Gasteiger partial charge is 0.412 e. The van der Waals surface area contributed by atoms with Gasteiger partial charge < -0.3 is 24.6 Å². The van der Waals surface area contributed by atoms with Crippen molar-refractivity contribution in [2.45, 2.75) is 0 Å². The highest BCUT2D eigenvalue weighted by Gasteiger charge is 2.16. The molecule has 0 aliphatic carbocycles. The van der Waals surface area contributed by atoms with E-state index in [9.17, 15) is 14.7 Å². The Morgan fingerprint density at radius 1 is 0.931 bits per heavy atom.